The minimum absolute atomic E-state index is 0.162. The van der Waals surface area contributed by atoms with Crippen LogP contribution in [0.15, 0.2) is 23.1 Å². The van der Waals surface area contributed by atoms with Crippen LogP contribution in [0.3, 0.4) is 0 Å². The molecule has 0 spiro atoms. The molecule has 0 saturated heterocycles. The van der Waals surface area contributed by atoms with Crippen molar-refractivity contribution < 1.29 is 19.1 Å². The van der Waals surface area contributed by atoms with Gasteiger partial charge >= 0.3 is 0 Å². The van der Waals surface area contributed by atoms with E-state index >= 15 is 0 Å². The third-order valence-electron chi connectivity index (χ3n) is 8.15. The lowest BCUT2D eigenvalue weighted by atomic mass is 10.1. The third kappa shape index (κ3) is 15.9. The number of ether oxygens (including phenoxy) is 2. The molecule has 0 saturated carbocycles. The quantitative estimate of drug-likeness (QED) is 0.0916. The maximum Gasteiger partial charge on any atom is 0.255 e. The van der Waals surface area contributed by atoms with Crippen molar-refractivity contribution in [3.05, 3.63) is 51.3 Å². The summed E-state index contributed by atoms with van der Waals surface area (Å²) in [5.41, 5.74) is 5.18. The standard InChI is InChI=1S/C22H34N6O2S2.C18H29BrN4O2S.C2H6/c1-14-11-17(31-27-14)24-19-15(2)23-20-18(25-19)16(21(29)26-22(3,4)5)12-28(20)13-30-9-10-32(6,7)8;1-12-15(19)21-14-13(17(24)22-18(2,3)4)10-23(16(14)20-12)11-25-8-9-26(5,6)7;1-2/h11-12H,9-10,13H2,1-8H3,(H,24,25)(H,26,29);10H,8-9,11H2,1-7H3,(H,22,24);1-2H3. The molecule has 5 aromatic heterocycles. The Kier molecular flexibility index (Phi) is 18.0. The van der Waals surface area contributed by atoms with Crippen molar-refractivity contribution in [2.45, 2.75) is 101 Å². The molecular weight excluding hydrogens is 885 g/mol. The van der Waals surface area contributed by atoms with Crippen LogP contribution in [-0.2, 0) is 22.9 Å². The number of anilines is 2. The summed E-state index contributed by atoms with van der Waals surface area (Å²) in [5, 5.41) is 10.2. The number of carbonyl (C=O) groups excluding carboxylic acids is 2. The van der Waals surface area contributed by atoms with E-state index in [0.717, 1.165) is 33.6 Å². The first kappa shape index (κ1) is 51.1. The Bertz CT molecular complexity index is 2230. The van der Waals surface area contributed by atoms with Crippen LogP contribution in [0.5, 0.6) is 0 Å². The first-order valence-corrected chi connectivity index (χ1v) is 27.5. The summed E-state index contributed by atoms with van der Waals surface area (Å²) in [6, 6.07) is 1.96. The van der Waals surface area contributed by atoms with Gasteiger partial charge in [0.05, 0.1) is 41.4 Å². The van der Waals surface area contributed by atoms with E-state index in [4.69, 9.17) is 19.4 Å². The Hall–Kier alpha value is -3.29. The topological polar surface area (TPSA) is 163 Å². The summed E-state index contributed by atoms with van der Waals surface area (Å²) < 4.78 is 20.4. The largest absolute Gasteiger partial charge is 0.360 e. The van der Waals surface area contributed by atoms with Crippen LogP contribution in [0, 0.1) is 20.8 Å². The van der Waals surface area contributed by atoms with Gasteiger partial charge in [0.15, 0.2) is 17.1 Å². The van der Waals surface area contributed by atoms with Crippen LogP contribution in [0.25, 0.3) is 22.3 Å². The minimum atomic E-state index is -0.629. The molecule has 5 heterocycles. The smallest absolute Gasteiger partial charge is 0.255 e. The van der Waals surface area contributed by atoms with Crippen molar-refractivity contribution in [2.75, 3.05) is 67.6 Å². The molecule has 5 aromatic rings. The average Bonchev–Trinajstić information content (AvgIpc) is 3.79. The monoisotopic (exact) mass is 952 g/mol. The lowest BCUT2D eigenvalue weighted by Crippen LogP contribution is -2.40. The van der Waals surface area contributed by atoms with Crippen molar-refractivity contribution >= 4 is 92.5 Å². The third-order valence-corrected chi connectivity index (χ3v) is 12.5. The number of nitrogens with zero attached hydrogens (tertiary/aromatic N) is 7. The molecule has 0 aliphatic rings. The molecule has 14 nitrogen and oxygen atoms in total. The van der Waals surface area contributed by atoms with Crippen LogP contribution >= 0.6 is 47.5 Å². The predicted molar refractivity (Wildman–Crippen MR) is 261 cm³/mol. The van der Waals surface area contributed by atoms with E-state index in [0.29, 0.717) is 70.6 Å². The molecule has 0 aromatic carbocycles. The van der Waals surface area contributed by atoms with Gasteiger partial charge in [-0.3, -0.25) is 9.59 Å². The van der Waals surface area contributed by atoms with E-state index in [2.05, 4.69) is 83.8 Å². The molecular formula is C42H69BrN10O4S3. The summed E-state index contributed by atoms with van der Waals surface area (Å²) in [4.78, 5) is 44.4. The van der Waals surface area contributed by atoms with Gasteiger partial charge in [0.2, 0.25) is 0 Å². The SMILES string of the molecule is CC.Cc1cc(Nc2nc3c(C(=O)NC(C)(C)C)cn(COCCS(C)(C)C)c3nc2C)sn1.Cc1nc2c(nc1Br)c(C(=O)NC(C)(C)C)cn2COCCS(C)(C)C. The van der Waals surface area contributed by atoms with Crippen molar-refractivity contribution in [3.63, 3.8) is 0 Å². The Morgan fingerprint density at radius 3 is 1.55 bits per heavy atom. The zero-order chi connectivity index (χ0) is 45.4. The Morgan fingerprint density at radius 1 is 0.717 bits per heavy atom. The van der Waals surface area contributed by atoms with Crippen LogP contribution in [0.1, 0.15) is 93.2 Å². The Morgan fingerprint density at radius 2 is 1.15 bits per heavy atom. The van der Waals surface area contributed by atoms with Gasteiger partial charge in [-0.15, -0.1) is 0 Å². The summed E-state index contributed by atoms with van der Waals surface area (Å²) in [7, 11) is -1.22. The lowest BCUT2D eigenvalue weighted by Gasteiger charge is -2.24. The van der Waals surface area contributed by atoms with Crippen LogP contribution in [-0.4, -0.2) is 119 Å². The summed E-state index contributed by atoms with van der Waals surface area (Å²) in [5.74, 6) is 2.33. The number of nitrogens with one attached hydrogen (secondary N) is 3. The summed E-state index contributed by atoms with van der Waals surface area (Å²) >= 11 is 4.78. The normalized spacial score (nSPS) is 12.7. The molecule has 60 heavy (non-hydrogen) atoms. The molecule has 0 unspecified atom stereocenters. The summed E-state index contributed by atoms with van der Waals surface area (Å²) in [6.07, 6.45) is 17.2. The number of carbonyl (C=O) groups is 2. The predicted octanol–water partition coefficient (Wildman–Crippen LogP) is 9.17. The fraction of sp³-hybridized carbons (Fsp3) is 0.595. The zero-order valence-corrected chi connectivity index (χ0v) is 42.9. The molecule has 5 rings (SSSR count). The van der Waals surface area contributed by atoms with Gasteiger partial charge in [-0.25, -0.2) is 40.0 Å². The lowest BCUT2D eigenvalue weighted by molar-refractivity contribution is 0.0892. The molecule has 0 bridgehead atoms. The highest BCUT2D eigenvalue weighted by atomic mass is 79.9. The molecule has 18 heteroatoms. The van der Waals surface area contributed by atoms with Gasteiger partial charge in [-0.2, -0.15) is 4.37 Å². The van der Waals surface area contributed by atoms with E-state index in [1.807, 2.05) is 91.4 Å². The molecule has 0 radical (unpaired) electrons. The maximum absolute atomic E-state index is 13.0. The Labute approximate surface area is 373 Å². The van der Waals surface area contributed by atoms with Crippen LogP contribution in [0.4, 0.5) is 10.8 Å². The number of aromatic nitrogens is 7. The highest BCUT2D eigenvalue weighted by Crippen LogP contribution is 2.34. The van der Waals surface area contributed by atoms with Crippen molar-refractivity contribution in [3.8, 4) is 0 Å². The van der Waals surface area contributed by atoms with Gasteiger partial charge < -0.3 is 34.6 Å². The number of amides is 2. The second-order valence-corrected chi connectivity index (χ2v) is 28.9. The minimum Gasteiger partial charge on any atom is -0.360 e. The van der Waals surface area contributed by atoms with Crippen molar-refractivity contribution in [2.24, 2.45) is 0 Å². The number of aryl methyl sites for hydroxylation is 3. The summed E-state index contributed by atoms with van der Waals surface area (Å²) in [6.45, 7) is 23.5. The number of fused-ring (bicyclic) bond motifs is 2. The second kappa shape index (κ2) is 21.2. The molecule has 3 N–H and O–H groups in total. The van der Waals surface area contributed by atoms with Crippen LogP contribution < -0.4 is 16.0 Å². The first-order chi connectivity index (χ1) is 27.7. The maximum atomic E-state index is 13.0. The number of hydrogen-bond acceptors (Lipinski definition) is 11. The Balaban J connectivity index is 0.000000314. The van der Waals surface area contributed by atoms with Gasteiger partial charge in [0.1, 0.15) is 34.1 Å². The van der Waals surface area contributed by atoms with Gasteiger partial charge in [0, 0.05) is 35.0 Å². The zero-order valence-electron chi connectivity index (χ0n) is 38.8. The van der Waals surface area contributed by atoms with E-state index in [1.165, 1.54) is 11.5 Å². The molecule has 0 fully saturated rings. The van der Waals surface area contributed by atoms with E-state index in [-0.39, 0.29) is 22.9 Å². The molecule has 0 aliphatic carbocycles. The molecule has 0 aliphatic heterocycles. The fourth-order valence-electron chi connectivity index (χ4n) is 5.26. The number of halogens is 1. The van der Waals surface area contributed by atoms with E-state index in [1.54, 1.807) is 12.4 Å². The van der Waals surface area contributed by atoms with Crippen molar-refractivity contribution in [1.29, 1.82) is 0 Å². The van der Waals surface area contributed by atoms with Crippen molar-refractivity contribution in [1.82, 2.24) is 44.1 Å². The van der Waals surface area contributed by atoms with Gasteiger partial charge in [-0.1, -0.05) is 13.8 Å². The number of rotatable bonds is 14. The van der Waals surface area contributed by atoms with E-state index < -0.39 is 20.1 Å². The van der Waals surface area contributed by atoms with Gasteiger partial charge in [-0.05, 0) is 133 Å². The average molecular weight is 954 g/mol. The highest BCUT2D eigenvalue weighted by Gasteiger charge is 2.25. The highest BCUT2D eigenvalue weighted by molar-refractivity contribution is 9.10. The second-order valence-electron chi connectivity index (χ2n) is 18.2. The molecule has 2 amide bonds. The fourth-order valence-corrected chi connectivity index (χ4v) is 7.42. The number of hydrogen-bond donors (Lipinski definition) is 3. The van der Waals surface area contributed by atoms with Gasteiger partial charge in [0.25, 0.3) is 11.8 Å². The first-order valence-electron chi connectivity index (χ1n) is 19.9. The van der Waals surface area contributed by atoms with Crippen LogP contribution in [0.2, 0.25) is 0 Å². The molecule has 336 valence electrons. The molecule has 0 atom stereocenters. The van der Waals surface area contributed by atoms with E-state index in [9.17, 15) is 9.59 Å².